The summed E-state index contributed by atoms with van der Waals surface area (Å²) in [6.07, 6.45) is 1.69. The number of hydrogen-bond acceptors (Lipinski definition) is 8. The maximum absolute atomic E-state index is 12.8. The van der Waals surface area contributed by atoms with E-state index in [-0.39, 0.29) is 17.2 Å². The van der Waals surface area contributed by atoms with Crippen molar-refractivity contribution in [2.75, 3.05) is 7.11 Å². The van der Waals surface area contributed by atoms with Gasteiger partial charge in [0.25, 0.3) is 5.91 Å². The molecular formula is C23H23N5O5S2. The molecule has 2 aromatic carbocycles. The van der Waals surface area contributed by atoms with Gasteiger partial charge in [-0.25, -0.2) is 23.3 Å². The zero-order valence-electron chi connectivity index (χ0n) is 18.7. The van der Waals surface area contributed by atoms with Crippen LogP contribution in [-0.4, -0.2) is 41.6 Å². The van der Waals surface area contributed by atoms with Crippen molar-refractivity contribution in [1.29, 1.82) is 0 Å². The Kier molecular flexibility index (Phi) is 7.56. The van der Waals surface area contributed by atoms with Crippen LogP contribution < -0.4 is 14.9 Å². The highest BCUT2D eigenvalue weighted by Crippen LogP contribution is 2.30. The number of hydroxylamine groups is 1. The molecule has 0 saturated carbocycles. The van der Waals surface area contributed by atoms with E-state index in [1.807, 2.05) is 30.3 Å². The summed E-state index contributed by atoms with van der Waals surface area (Å²) < 4.78 is 34.7. The number of nitrogens with one attached hydrogen (secondary N) is 2. The van der Waals surface area contributed by atoms with Crippen LogP contribution in [0.4, 0.5) is 0 Å². The molecule has 4 rings (SSSR count). The van der Waals surface area contributed by atoms with Crippen LogP contribution in [0.25, 0.3) is 10.4 Å². The summed E-state index contributed by atoms with van der Waals surface area (Å²) in [6, 6.07) is 19.1. The van der Waals surface area contributed by atoms with Crippen LogP contribution >= 0.6 is 11.3 Å². The van der Waals surface area contributed by atoms with Crippen molar-refractivity contribution in [3.05, 3.63) is 84.2 Å². The average Bonchev–Trinajstić information content (AvgIpc) is 3.57. The van der Waals surface area contributed by atoms with Gasteiger partial charge >= 0.3 is 0 Å². The summed E-state index contributed by atoms with van der Waals surface area (Å²) in [7, 11) is -2.21. The van der Waals surface area contributed by atoms with Gasteiger partial charge in [0.1, 0.15) is 16.0 Å². The minimum Gasteiger partial charge on any atom is -0.497 e. The van der Waals surface area contributed by atoms with Crippen LogP contribution in [0.5, 0.6) is 5.75 Å². The number of thiophene rings is 1. The number of ether oxygens (including phenoxy) is 1. The van der Waals surface area contributed by atoms with Gasteiger partial charge in [0, 0.05) is 11.3 Å². The predicted molar refractivity (Wildman–Crippen MR) is 129 cm³/mol. The molecule has 0 bridgehead atoms. The number of carbonyl (C=O) groups is 1. The minimum atomic E-state index is -3.77. The van der Waals surface area contributed by atoms with E-state index in [9.17, 15) is 18.4 Å². The Hall–Kier alpha value is -3.58. The number of rotatable bonds is 10. The Labute approximate surface area is 206 Å². The smallest absolute Gasteiger partial charge is 0.268 e. The molecule has 12 heteroatoms. The fourth-order valence-electron chi connectivity index (χ4n) is 3.37. The van der Waals surface area contributed by atoms with Crippen molar-refractivity contribution in [3.8, 4) is 16.2 Å². The maximum atomic E-state index is 12.8. The number of nitrogens with zero attached hydrogens (tertiary/aromatic N) is 3. The molecule has 0 aliphatic heterocycles. The first kappa shape index (κ1) is 24.5. The fraction of sp³-hybridized carbons (Fsp3) is 0.174. The van der Waals surface area contributed by atoms with Crippen LogP contribution in [0, 0.1) is 0 Å². The third-order valence-electron chi connectivity index (χ3n) is 5.23. The Bertz CT molecular complexity index is 1390. The lowest BCUT2D eigenvalue weighted by Gasteiger charge is -2.15. The molecule has 0 aliphatic carbocycles. The fourth-order valence-corrected chi connectivity index (χ4v) is 5.73. The molecule has 0 aliphatic rings. The highest BCUT2D eigenvalue weighted by atomic mass is 32.2. The van der Waals surface area contributed by atoms with E-state index in [0.717, 1.165) is 16.0 Å². The summed E-state index contributed by atoms with van der Waals surface area (Å²) in [5.41, 5.74) is 3.71. The van der Waals surface area contributed by atoms with Crippen molar-refractivity contribution in [2.24, 2.45) is 0 Å². The Balaban J connectivity index is 1.45. The number of methoxy groups -OCH3 is 1. The van der Waals surface area contributed by atoms with Crippen LogP contribution in [0.15, 0.2) is 77.1 Å². The van der Waals surface area contributed by atoms with Gasteiger partial charge in [-0.05, 0) is 35.4 Å². The number of aromatic nitrogens is 3. The molecule has 4 aromatic rings. The van der Waals surface area contributed by atoms with E-state index in [1.165, 1.54) is 22.2 Å². The molecule has 0 saturated heterocycles. The Morgan fingerprint density at radius 3 is 2.54 bits per heavy atom. The van der Waals surface area contributed by atoms with Crippen molar-refractivity contribution < 1.29 is 23.2 Å². The van der Waals surface area contributed by atoms with Gasteiger partial charge in [0.2, 0.25) is 10.0 Å². The van der Waals surface area contributed by atoms with Gasteiger partial charge in [-0.2, -0.15) is 0 Å². The van der Waals surface area contributed by atoms with E-state index in [1.54, 1.807) is 49.0 Å². The summed E-state index contributed by atoms with van der Waals surface area (Å²) in [6.45, 7) is -0.114. The van der Waals surface area contributed by atoms with Gasteiger partial charge in [-0.1, -0.05) is 47.7 Å². The van der Waals surface area contributed by atoms with E-state index in [0.29, 0.717) is 11.4 Å². The highest BCUT2D eigenvalue weighted by Gasteiger charge is 2.23. The average molecular weight is 514 g/mol. The van der Waals surface area contributed by atoms with Gasteiger partial charge < -0.3 is 4.74 Å². The maximum Gasteiger partial charge on any atom is 0.268 e. The molecule has 2 heterocycles. The number of sulfonamides is 1. The van der Waals surface area contributed by atoms with E-state index in [4.69, 9.17) is 4.74 Å². The lowest BCUT2D eigenvalue weighted by atomic mass is 10.1. The largest absolute Gasteiger partial charge is 0.497 e. The number of amides is 1. The van der Waals surface area contributed by atoms with Crippen LogP contribution in [-0.2, 0) is 27.8 Å². The third kappa shape index (κ3) is 5.92. The van der Waals surface area contributed by atoms with Crippen molar-refractivity contribution in [2.45, 2.75) is 23.2 Å². The topological polar surface area (TPSA) is 135 Å². The molecule has 0 spiro atoms. The van der Waals surface area contributed by atoms with Gasteiger partial charge in [-0.15, -0.1) is 16.4 Å². The molecule has 0 unspecified atom stereocenters. The first-order valence-electron chi connectivity index (χ1n) is 10.5. The lowest BCUT2D eigenvalue weighted by molar-refractivity contribution is -0.133. The summed E-state index contributed by atoms with van der Waals surface area (Å²) in [4.78, 5) is 13.1. The molecule has 0 fully saturated rings. The molecule has 10 nitrogen and oxygen atoms in total. The molecular weight excluding hydrogens is 490 g/mol. The summed E-state index contributed by atoms with van der Waals surface area (Å²) in [5.74, 6) is -0.00117. The third-order valence-corrected chi connectivity index (χ3v) is 8.25. The van der Waals surface area contributed by atoms with Crippen LogP contribution in [0.1, 0.15) is 17.3 Å². The van der Waals surface area contributed by atoms with Crippen molar-refractivity contribution in [3.63, 3.8) is 0 Å². The van der Waals surface area contributed by atoms with E-state index in [2.05, 4.69) is 15.0 Å². The zero-order valence-corrected chi connectivity index (χ0v) is 20.3. The lowest BCUT2D eigenvalue weighted by Crippen LogP contribution is -2.32. The monoisotopic (exact) mass is 513 g/mol. The second-order valence-electron chi connectivity index (χ2n) is 7.54. The Morgan fingerprint density at radius 2 is 1.86 bits per heavy atom. The van der Waals surface area contributed by atoms with Crippen LogP contribution in [0.2, 0.25) is 0 Å². The number of carbonyl (C=O) groups excluding carboxylic acids is 1. The van der Waals surface area contributed by atoms with Crippen LogP contribution in [0.3, 0.4) is 0 Å². The molecule has 2 aromatic heterocycles. The molecule has 3 N–H and O–H groups in total. The predicted octanol–water partition coefficient (Wildman–Crippen LogP) is 2.78. The zero-order chi connectivity index (χ0) is 24.8. The molecule has 35 heavy (non-hydrogen) atoms. The summed E-state index contributed by atoms with van der Waals surface area (Å²) in [5, 5.41) is 17.1. The van der Waals surface area contributed by atoms with Crippen molar-refractivity contribution in [1.82, 2.24) is 25.2 Å². The standard InChI is InChI=1S/C23H23N5O5S2/c1-33-19-9-7-16(8-10-19)13-20(23(29)26-30)28-15-18(25-27-28)14-24-35(31,32)22-12-11-21(34-22)17-5-3-2-4-6-17/h2-12,15,20,24,30H,13-14H2,1H3,(H,26,29)/t20-/m0/s1. The number of benzene rings is 2. The Morgan fingerprint density at radius 1 is 1.11 bits per heavy atom. The van der Waals surface area contributed by atoms with E-state index < -0.39 is 22.0 Å². The minimum absolute atomic E-state index is 0.114. The quantitative estimate of drug-likeness (QED) is 0.219. The molecule has 0 radical (unpaired) electrons. The summed E-state index contributed by atoms with van der Waals surface area (Å²) >= 11 is 1.17. The van der Waals surface area contributed by atoms with E-state index >= 15 is 0 Å². The van der Waals surface area contributed by atoms with Gasteiger partial charge in [0.05, 0.1) is 25.5 Å². The highest BCUT2D eigenvalue weighted by molar-refractivity contribution is 7.91. The molecule has 182 valence electrons. The van der Waals surface area contributed by atoms with Gasteiger partial charge in [-0.3, -0.25) is 10.0 Å². The first-order valence-corrected chi connectivity index (χ1v) is 12.8. The van der Waals surface area contributed by atoms with Gasteiger partial charge in [0.15, 0.2) is 0 Å². The SMILES string of the molecule is COc1ccc(C[C@@H](C(=O)NO)n2cc(CNS(=O)(=O)c3ccc(-c4ccccc4)s3)nn2)cc1. The van der Waals surface area contributed by atoms with Crippen molar-refractivity contribution >= 4 is 27.3 Å². The normalized spacial score (nSPS) is 12.3. The second-order valence-corrected chi connectivity index (χ2v) is 10.6. The molecule has 1 amide bonds. The first-order chi connectivity index (χ1) is 16.9. The second kappa shape index (κ2) is 10.8. The molecule has 1 atom stereocenters. The number of hydrogen-bond donors (Lipinski definition) is 3.